The van der Waals surface area contributed by atoms with E-state index < -0.39 is 0 Å². The van der Waals surface area contributed by atoms with Crippen molar-refractivity contribution in [1.82, 2.24) is 9.80 Å². The van der Waals surface area contributed by atoms with Crippen LogP contribution in [0, 0.1) is 0 Å². The summed E-state index contributed by atoms with van der Waals surface area (Å²) < 4.78 is 12.0. The molecule has 21 heavy (non-hydrogen) atoms. The van der Waals surface area contributed by atoms with Crippen LogP contribution >= 0.6 is 11.3 Å². The van der Waals surface area contributed by atoms with E-state index in [2.05, 4.69) is 33.9 Å². The first-order valence-corrected chi connectivity index (χ1v) is 8.47. The Morgan fingerprint density at radius 3 is 2.95 bits per heavy atom. The summed E-state index contributed by atoms with van der Waals surface area (Å²) in [4.78, 5) is 6.30. The maximum atomic E-state index is 6.17. The van der Waals surface area contributed by atoms with E-state index in [9.17, 15) is 0 Å². The molecule has 3 heterocycles. The highest BCUT2D eigenvalue weighted by Gasteiger charge is 2.39. The molecule has 3 rings (SSSR count). The van der Waals surface area contributed by atoms with E-state index in [1.165, 1.54) is 4.88 Å². The third kappa shape index (κ3) is 3.93. The molecule has 0 amide bonds. The Kier molecular flexibility index (Phi) is 5.08. The Morgan fingerprint density at radius 2 is 2.14 bits per heavy atom. The van der Waals surface area contributed by atoms with Crippen LogP contribution in [0.25, 0.3) is 0 Å². The van der Waals surface area contributed by atoms with Gasteiger partial charge >= 0.3 is 0 Å². The monoisotopic (exact) mass is 308 g/mol. The number of thiophene rings is 1. The van der Waals surface area contributed by atoms with Gasteiger partial charge in [0.05, 0.1) is 19.8 Å². The highest BCUT2D eigenvalue weighted by molar-refractivity contribution is 7.09. The summed E-state index contributed by atoms with van der Waals surface area (Å²) in [6.07, 6.45) is 1.96. The lowest BCUT2D eigenvalue weighted by Crippen LogP contribution is -2.58. The van der Waals surface area contributed by atoms with Crippen LogP contribution in [-0.4, -0.2) is 67.9 Å². The lowest BCUT2D eigenvalue weighted by molar-refractivity contribution is -0.142. The molecule has 4 nitrogen and oxygen atoms in total. The van der Waals surface area contributed by atoms with Crippen molar-refractivity contribution in [3.05, 3.63) is 35.0 Å². The van der Waals surface area contributed by atoms with E-state index in [0.29, 0.717) is 6.61 Å². The van der Waals surface area contributed by atoms with E-state index >= 15 is 0 Å². The first kappa shape index (κ1) is 15.2. The van der Waals surface area contributed by atoms with E-state index in [-0.39, 0.29) is 5.60 Å². The quantitative estimate of drug-likeness (QED) is 0.793. The third-order valence-corrected chi connectivity index (χ3v) is 4.96. The smallest absolute Gasteiger partial charge is 0.117 e. The second-order valence-corrected chi connectivity index (χ2v) is 6.93. The Labute approximate surface area is 130 Å². The maximum absolute atomic E-state index is 6.17. The maximum Gasteiger partial charge on any atom is 0.117 e. The largest absolute Gasteiger partial charge is 0.377 e. The van der Waals surface area contributed by atoms with Gasteiger partial charge in [-0.3, -0.25) is 9.80 Å². The van der Waals surface area contributed by atoms with Gasteiger partial charge in [0.15, 0.2) is 0 Å². The van der Waals surface area contributed by atoms with E-state index in [0.717, 1.165) is 52.5 Å². The van der Waals surface area contributed by atoms with Crippen molar-refractivity contribution in [2.24, 2.45) is 0 Å². The van der Waals surface area contributed by atoms with Crippen LogP contribution in [0.5, 0.6) is 0 Å². The molecule has 1 atom stereocenters. The first-order valence-electron chi connectivity index (χ1n) is 7.59. The van der Waals surface area contributed by atoms with Crippen LogP contribution in [0.2, 0.25) is 0 Å². The van der Waals surface area contributed by atoms with Gasteiger partial charge < -0.3 is 9.47 Å². The average molecular weight is 308 g/mol. The molecule has 2 aliphatic heterocycles. The number of morpholine rings is 1. The van der Waals surface area contributed by atoms with E-state index in [4.69, 9.17) is 9.47 Å². The number of rotatable bonds is 4. The summed E-state index contributed by atoms with van der Waals surface area (Å²) in [6.45, 7) is 11.9. The Hall–Kier alpha value is -0.720. The number of nitrogens with zero attached hydrogens (tertiary/aromatic N) is 2. The molecule has 2 fully saturated rings. The van der Waals surface area contributed by atoms with Gasteiger partial charge in [-0.25, -0.2) is 0 Å². The highest BCUT2D eigenvalue weighted by atomic mass is 32.1. The fourth-order valence-corrected chi connectivity index (χ4v) is 3.93. The van der Waals surface area contributed by atoms with Gasteiger partial charge in [0.2, 0.25) is 0 Å². The Bertz CT molecular complexity index is 451. The van der Waals surface area contributed by atoms with Gasteiger partial charge in [-0.05, 0) is 11.4 Å². The summed E-state index contributed by atoms with van der Waals surface area (Å²) in [5.74, 6) is 0. The summed E-state index contributed by atoms with van der Waals surface area (Å²) >= 11 is 1.83. The molecule has 2 saturated heterocycles. The normalized spacial score (nSPS) is 28.6. The van der Waals surface area contributed by atoms with Crippen LogP contribution in [0.1, 0.15) is 4.88 Å². The van der Waals surface area contributed by atoms with Gasteiger partial charge in [0.25, 0.3) is 0 Å². The van der Waals surface area contributed by atoms with Gasteiger partial charge in [-0.15, -0.1) is 17.9 Å². The van der Waals surface area contributed by atoms with Crippen LogP contribution in [0.3, 0.4) is 0 Å². The third-order valence-electron chi connectivity index (χ3n) is 4.10. The van der Waals surface area contributed by atoms with Crippen LogP contribution in [0.15, 0.2) is 30.2 Å². The van der Waals surface area contributed by atoms with Crippen molar-refractivity contribution >= 4 is 11.3 Å². The fourth-order valence-electron chi connectivity index (χ4n) is 3.19. The van der Waals surface area contributed by atoms with E-state index in [1.54, 1.807) is 0 Å². The predicted octanol–water partition coefficient (Wildman–Crippen LogP) is 1.84. The van der Waals surface area contributed by atoms with Crippen molar-refractivity contribution in [1.29, 1.82) is 0 Å². The molecule has 5 heteroatoms. The predicted molar refractivity (Wildman–Crippen MR) is 85.7 cm³/mol. The van der Waals surface area contributed by atoms with Gasteiger partial charge in [-0.1, -0.05) is 12.1 Å². The second-order valence-electron chi connectivity index (χ2n) is 5.90. The Morgan fingerprint density at radius 1 is 1.29 bits per heavy atom. The van der Waals surface area contributed by atoms with Gasteiger partial charge in [0.1, 0.15) is 5.60 Å². The van der Waals surface area contributed by atoms with Crippen LogP contribution < -0.4 is 0 Å². The van der Waals surface area contributed by atoms with Crippen molar-refractivity contribution in [3.8, 4) is 0 Å². The zero-order chi connectivity index (χ0) is 14.5. The number of ether oxygens (including phenoxy) is 2. The molecule has 1 aromatic rings. The van der Waals surface area contributed by atoms with Crippen LogP contribution in [0.4, 0.5) is 0 Å². The standard InChI is InChI=1S/C16H24N2O2S/c1-2-5-17-6-8-19-14-16(12-17)13-18(7-9-20-16)11-15-4-3-10-21-15/h2-4,10H,1,5-9,11-14H2. The molecule has 1 spiro atoms. The lowest BCUT2D eigenvalue weighted by Gasteiger charge is -2.43. The summed E-state index contributed by atoms with van der Waals surface area (Å²) in [5.41, 5.74) is -0.185. The molecular weight excluding hydrogens is 284 g/mol. The minimum Gasteiger partial charge on any atom is -0.377 e. The van der Waals surface area contributed by atoms with E-state index in [1.807, 2.05) is 17.4 Å². The fraction of sp³-hybridized carbons (Fsp3) is 0.625. The molecule has 1 aromatic heterocycles. The van der Waals surface area contributed by atoms with Crippen molar-refractivity contribution in [2.75, 3.05) is 52.5 Å². The summed E-state index contributed by atoms with van der Waals surface area (Å²) in [5, 5.41) is 2.14. The van der Waals surface area contributed by atoms with Crippen LogP contribution in [-0.2, 0) is 16.0 Å². The molecule has 0 saturated carbocycles. The lowest BCUT2D eigenvalue weighted by atomic mass is 10.0. The summed E-state index contributed by atoms with van der Waals surface area (Å²) in [6, 6.07) is 4.33. The van der Waals surface area contributed by atoms with Crippen molar-refractivity contribution in [3.63, 3.8) is 0 Å². The van der Waals surface area contributed by atoms with Gasteiger partial charge in [0, 0.05) is 44.1 Å². The molecule has 2 aliphatic rings. The average Bonchev–Trinajstić information content (AvgIpc) is 2.90. The zero-order valence-electron chi connectivity index (χ0n) is 12.5. The molecule has 0 aliphatic carbocycles. The molecule has 0 aromatic carbocycles. The molecular formula is C16H24N2O2S. The molecule has 0 radical (unpaired) electrons. The SMILES string of the molecule is C=CCN1CCOCC2(C1)CN(Cc1cccs1)CCO2. The first-order chi connectivity index (χ1) is 10.3. The molecule has 0 N–H and O–H groups in total. The van der Waals surface area contributed by atoms with Gasteiger partial charge in [-0.2, -0.15) is 0 Å². The molecule has 1 unspecified atom stereocenters. The zero-order valence-corrected chi connectivity index (χ0v) is 13.3. The molecule has 0 bridgehead atoms. The van der Waals surface area contributed by atoms with Crippen molar-refractivity contribution < 1.29 is 9.47 Å². The number of hydrogen-bond acceptors (Lipinski definition) is 5. The Balaban J connectivity index is 1.66. The second kappa shape index (κ2) is 7.03. The van der Waals surface area contributed by atoms with Crippen molar-refractivity contribution in [2.45, 2.75) is 12.1 Å². The minimum atomic E-state index is -0.185. The molecule has 116 valence electrons. The highest BCUT2D eigenvalue weighted by Crippen LogP contribution is 2.24. The number of hydrogen-bond donors (Lipinski definition) is 0. The topological polar surface area (TPSA) is 24.9 Å². The minimum absolute atomic E-state index is 0.185. The summed E-state index contributed by atoms with van der Waals surface area (Å²) in [7, 11) is 0.